The molecule has 3 amide bonds. The van der Waals surface area contributed by atoms with Crippen molar-refractivity contribution in [1.82, 2.24) is 20.2 Å². The molecule has 0 aliphatic carbocycles. The van der Waals surface area contributed by atoms with Crippen LogP contribution in [0.4, 0.5) is 4.79 Å². The molecule has 1 aromatic heterocycles. The van der Waals surface area contributed by atoms with E-state index >= 15 is 0 Å². The fourth-order valence-corrected chi connectivity index (χ4v) is 1.06. The second-order valence-corrected chi connectivity index (χ2v) is 3.03. The smallest absolute Gasteiger partial charge is 0.321 e. The van der Waals surface area contributed by atoms with Gasteiger partial charge in [-0.3, -0.25) is 10.1 Å². The average molecular weight is 210 g/mol. The summed E-state index contributed by atoms with van der Waals surface area (Å²) in [5.74, 6) is -0.362. The van der Waals surface area contributed by atoms with Crippen LogP contribution in [0.5, 0.6) is 0 Å². The summed E-state index contributed by atoms with van der Waals surface area (Å²) in [6.45, 7) is 3.96. The van der Waals surface area contributed by atoms with E-state index in [-0.39, 0.29) is 5.91 Å². The Morgan fingerprint density at radius 2 is 2.27 bits per heavy atom. The van der Waals surface area contributed by atoms with Gasteiger partial charge < -0.3 is 9.88 Å². The average Bonchev–Trinajstić information content (AvgIpc) is 2.69. The molecule has 1 unspecified atom stereocenters. The van der Waals surface area contributed by atoms with Gasteiger partial charge in [0.25, 0.3) is 5.91 Å². The second-order valence-electron chi connectivity index (χ2n) is 3.03. The van der Waals surface area contributed by atoms with Crippen molar-refractivity contribution in [1.29, 1.82) is 0 Å². The van der Waals surface area contributed by atoms with Gasteiger partial charge in [-0.1, -0.05) is 0 Å². The summed E-state index contributed by atoms with van der Waals surface area (Å²) >= 11 is 0. The van der Waals surface area contributed by atoms with Gasteiger partial charge in [-0.15, -0.1) is 0 Å². The van der Waals surface area contributed by atoms with Crippen LogP contribution in [0.3, 0.4) is 0 Å². The third kappa shape index (κ3) is 3.08. The number of imidazole rings is 1. The topological polar surface area (TPSA) is 76.0 Å². The lowest BCUT2D eigenvalue weighted by atomic mass is 10.3. The second kappa shape index (κ2) is 5.14. The number of rotatable bonds is 3. The fourth-order valence-electron chi connectivity index (χ4n) is 1.06. The van der Waals surface area contributed by atoms with Crippen molar-refractivity contribution in [2.24, 2.45) is 0 Å². The van der Waals surface area contributed by atoms with Crippen molar-refractivity contribution in [3.05, 3.63) is 18.7 Å². The Hall–Kier alpha value is -1.85. The molecule has 0 saturated heterocycles. The normalized spacial score (nSPS) is 11.9. The molecule has 6 nitrogen and oxygen atoms in total. The lowest BCUT2D eigenvalue weighted by Gasteiger charge is -2.12. The van der Waals surface area contributed by atoms with Crippen molar-refractivity contribution >= 4 is 11.9 Å². The number of aromatic nitrogens is 2. The summed E-state index contributed by atoms with van der Waals surface area (Å²) in [4.78, 5) is 26.4. The van der Waals surface area contributed by atoms with Crippen LogP contribution in [0.15, 0.2) is 18.7 Å². The zero-order valence-corrected chi connectivity index (χ0v) is 8.73. The largest absolute Gasteiger partial charge is 0.338 e. The number of imide groups is 1. The fraction of sp³-hybridized carbons (Fsp3) is 0.444. The van der Waals surface area contributed by atoms with Crippen LogP contribution in [-0.4, -0.2) is 28.0 Å². The molecule has 0 bridgehead atoms. The van der Waals surface area contributed by atoms with E-state index in [0.717, 1.165) is 0 Å². The highest BCUT2D eigenvalue weighted by Crippen LogP contribution is 2.03. The Kier molecular flexibility index (Phi) is 3.84. The van der Waals surface area contributed by atoms with Gasteiger partial charge in [-0.25, -0.2) is 9.78 Å². The van der Waals surface area contributed by atoms with Crippen LogP contribution in [0, 0.1) is 0 Å². The number of nitrogens with one attached hydrogen (secondary N) is 2. The van der Waals surface area contributed by atoms with Crippen LogP contribution >= 0.6 is 0 Å². The molecule has 0 fully saturated rings. The molecule has 0 radical (unpaired) electrons. The number of nitrogens with zero attached hydrogens (tertiary/aromatic N) is 2. The first kappa shape index (κ1) is 11.2. The summed E-state index contributed by atoms with van der Waals surface area (Å²) in [6, 6.07) is -0.926. The molecule has 0 aliphatic rings. The van der Waals surface area contributed by atoms with Gasteiger partial charge in [-0.2, -0.15) is 0 Å². The van der Waals surface area contributed by atoms with Crippen molar-refractivity contribution in [3.63, 3.8) is 0 Å². The summed E-state index contributed by atoms with van der Waals surface area (Å²) in [5, 5.41) is 4.71. The molecule has 1 aromatic rings. The Morgan fingerprint density at radius 3 is 2.80 bits per heavy atom. The van der Waals surface area contributed by atoms with Gasteiger partial charge in [0.05, 0.1) is 6.33 Å². The zero-order chi connectivity index (χ0) is 11.3. The number of carbonyl (C=O) groups is 2. The number of amides is 3. The van der Waals surface area contributed by atoms with E-state index in [2.05, 4.69) is 15.6 Å². The first-order valence-corrected chi connectivity index (χ1v) is 4.71. The molecule has 1 rings (SSSR count). The van der Waals surface area contributed by atoms with Crippen molar-refractivity contribution in [2.45, 2.75) is 19.9 Å². The van der Waals surface area contributed by atoms with Crippen LogP contribution in [0.1, 0.15) is 19.9 Å². The number of carbonyl (C=O) groups excluding carboxylic acids is 2. The molecule has 15 heavy (non-hydrogen) atoms. The molecule has 82 valence electrons. The zero-order valence-electron chi connectivity index (χ0n) is 8.73. The highest BCUT2D eigenvalue weighted by Gasteiger charge is 2.16. The van der Waals surface area contributed by atoms with Crippen molar-refractivity contribution in [2.75, 3.05) is 6.54 Å². The van der Waals surface area contributed by atoms with Crippen LogP contribution in [0.2, 0.25) is 0 Å². The highest BCUT2D eigenvalue weighted by atomic mass is 16.2. The first-order valence-electron chi connectivity index (χ1n) is 4.71. The predicted molar refractivity (Wildman–Crippen MR) is 54.2 cm³/mol. The monoisotopic (exact) mass is 210 g/mol. The third-order valence-corrected chi connectivity index (χ3v) is 1.93. The standard InChI is InChI=1S/C9H14N4O2/c1-3-11-9(15)12-8(14)7(2)13-5-4-10-6-13/h4-7H,3H2,1-2H3,(H2,11,12,14,15). The van der Waals surface area contributed by atoms with E-state index in [1.807, 2.05) is 0 Å². The van der Waals surface area contributed by atoms with E-state index in [0.29, 0.717) is 6.54 Å². The van der Waals surface area contributed by atoms with E-state index in [9.17, 15) is 9.59 Å². The molecule has 0 spiro atoms. The van der Waals surface area contributed by atoms with Gasteiger partial charge in [0.1, 0.15) is 6.04 Å². The molecular formula is C9H14N4O2. The van der Waals surface area contributed by atoms with Crippen molar-refractivity contribution < 1.29 is 9.59 Å². The van der Waals surface area contributed by atoms with Crippen LogP contribution in [0.25, 0.3) is 0 Å². The molecule has 1 heterocycles. The molecule has 6 heteroatoms. The summed E-state index contributed by atoms with van der Waals surface area (Å²) in [7, 11) is 0. The van der Waals surface area contributed by atoms with E-state index in [1.165, 1.54) is 6.33 Å². The molecule has 1 atom stereocenters. The molecule has 2 N–H and O–H groups in total. The van der Waals surface area contributed by atoms with E-state index in [4.69, 9.17) is 0 Å². The van der Waals surface area contributed by atoms with E-state index in [1.54, 1.807) is 30.8 Å². The minimum Gasteiger partial charge on any atom is -0.338 e. The minimum atomic E-state index is -0.477. The maximum atomic E-state index is 11.5. The van der Waals surface area contributed by atoms with Gasteiger partial charge in [0, 0.05) is 18.9 Å². The SMILES string of the molecule is CCNC(=O)NC(=O)C(C)n1ccnc1. The number of urea groups is 1. The van der Waals surface area contributed by atoms with Crippen molar-refractivity contribution in [3.8, 4) is 0 Å². The minimum absolute atomic E-state index is 0.362. The van der Waals surface area contributed by atoms with Gasteiger partial charge in [-0.05, 0) is 13.8 Å². The van der Waals surface area contributed by atoms with Gasteiger partial charge >= 0.3 is 6.03 Å². The first-order chi connectivity index (χ1) is 7.15. The Labute approximate surface area is 87.7 Å². The molecule has 0 saturated carbocycles. The lowest BCUT2D eigenvalue weighted by Crippen LogP contribution is -2.42. The quantitative estimate of drug-likeness (QED) is 0.752. The maximum absolute atomic E-state index is 11.5. The summed E-state index contributed by atoms with van der Waals surface area (Å²) in [5.41, 5.74) is 0. The Bertz CT molecular complexity index is 334. The predicted octanol–water partition coefficient (Wildman–Crippen LogP) is 0.290. The lowest BCUT2D eigenvalue weighted by molar-refractivity contribution is -0.122. The van der Waals surface area contributed by atoms with Crippen LogP contribution < -0.4 is 10.6 Å². The molecule has 0 aromatic carbocycles. The summed E-state index contributed by atoms with van der Waals surface area (Å²) < 4.78 is 1.62. The van der Waals surface area contributed by atoms with Gasteiger partial charge in [0.15, 0.2) is 0 Å². The Morgan fingerprint density at radius 1 is 1.53 bits per heavy atom. The molecule has 0 aliphatic heterocycles. The number of hydrogen-bond donors (Lipinski definition) is 2. The molecular weight excluding hydrogens is 196 g/mol. The van der Waals surface area contributed by atoms with Crippen LogP contribution in [-0.2, 0) is 4.79 Å². The number of hydrogen-bond acceptors (Lipinski definition) is 3. The Balaban J connectivity index is 2.51. The highest BCUT2D eigenvalue weighted by molar-refractivity contribution is 5.95. The van der Waals surface area contributed by atoms with E-state index < -0.39 is 12.1 Å². The maximum Gasteiger partial charge on any atom is 0.321 e. The summed E-state index contributed by atoms with van der Waals surface area (Å²) in [6.07, 6.45) is 4.78. The van der Waals surface area contributed by atoms with Gasteiger partial charge in [0.2, 0.25) is 0 Å². The third-order valence-electron chi connectivity index (χ3n) is 1.93.